The Bertz CT molecular complexity index is 1040. The molecule has 10 heteroatoms. The van der Waals surface area contributed by atoms with Crippen LogP contribution in [0.15, 0.2) is 47.6 Å². The van der Waals surface area contributed by atoms with Gasteiger partial charge in [0.1, 0.15) is 5.75 Å². The first-order valence-corrected chi connectivity index (χ1v) is 10.7. The summed E-state index contributed by atoms with van der Waals surface area (Å²) in [5.74, 6) is 7.21. The van der Waals surface area contributed by atoms with Crippen molar-refractivity contribution in [3.63, 3.8) is 0 Å². The minimum Gasteiger partial charge on any atom is -0.497 e. The van der Waals surface area contributed by atoms with Crippen LogP contribution in [0.3, 0.4) is 0 Å². The molecule has 0 saturated carbocycles. The number of ether oxygens (including phenoxy) is 1. The molecule has 0 fully saturated rings. The Balaban J connectivity index is 1.67. The number of nitrogens with zero attached hydrogens (tertiary/aromatic N) is 3. The number of methoxy groups -OCH3 is 1. The van der Waals surface area contributed by atoms with Gasteiger partial charge in [0, 0.05) is 15.6 Å². The quantitative estimate of drug-likeness (QED) is 0.398. The SMILES string of the molecule is COc1ccc(-c2nnc(S[C@H](C)C(=O)N[C@H](C)c3ccc(Cl)cc3Cl)n2N)cc1. The molecule has 0 bridgehead atoms. The van der Waals surface area contributed by atoms with Gasteiger partial charge in [0.05, 0.1) is 18.4 Å². The van der Waals surface area contributed by atoms with Crippen molar-refractivity contribution in [1.29, 1.82) is 0 Å². The van der Waals surface area contributed by atoms with E-state index >= 15 is 0 Å². The van der Waals surface area contributed by atoms with Crippen LogP contribution in [-0.4, -0.2) is 33.1 Å². The van der Waals surface area contributed by atoms with E-state index in [0.29, 0.717) is 21.0 Å². The van der Waals surface area contributed by atoms with E-state index in [2.05, 4.69) is 15.5 Å². The predicted molar refractivity (Wildman–Crippen MR) is 120 cm³/mol. The third-order valence-corrected chi connectivity index (χ3v) is 6.07. The fraction of sp³-hybridized carbons (Fsp3) is 0.250. The molecule has 1 heterocycles. The largest absolute Gasteiger partial charge is 0.497 e. The van der Waals surface area contributed by atoms with Crippen molar-refractivity contribution in [2.24, 2.45) is 0 Å². The van der Waals surface area contributed by atoms with Crippen LogP contribution in [0.25, 0.3) is 11.4 Å². The van der Waals surface area contributed by atoms with E-state index in [4.69, 9.17) is 33.8 Å². The zero-order chi connectivity index (χ0) is 21.8. The zero-order valence-corrected chi connectivity index (χ0v) is 18.9. The second kappa shape index (κ2) is 9.59. The van der Waals surface area contributed by atoms with Gasteiger partial charge >= 0.3 is 0 Å². The molecule has 3 rings (SSSR count). The fourth-order valence-corrected chi connectivity index (χ4v) is 4.12. The lowest BCUT2D eigenvalue weighted by Gasteiger charge is -2.18. The lowest BCUT2D eigenvalue weighted by atomic mass is 10.1. The molecule has 1 amide bonds. The molecular weight excluding hydrogens is 445 g/mol. The van der Waals surface area contributed by atoms with Crippen LogP contribution in [0.1, 0.15) is 25.5 Å². The van der Waals surface area contributed by atoms with Crippen molar-refractivity contribution in [2.75, 3.05) is 13.0 Å². The molecule has 158 valence electrons. The number of carbonyl (C=O) groups excluding carboxylic acids is 1. The summed E-state index contributed by atoms with van der Waals surface area (Å²) in [5.41, 5.74) is 1.58. The van der Waals surface area contributed by atoms with Crippen molar-refractivity contribution in [1.82, 2.24) is 20.2 Å². The molecule has 0 aliphatic carbocycles. The van der Waals surface area contributed by atoms with Crippen LogP contribution in [0.2, 0.25) is 10.0 Å². The van der Waals surface area contributed by atoms with Gasteiger partial charge in [-0.2, -0.15) is 0 Å². The topological polar surface area (TPSA) is 95.1 Å². The Labute approximate surface area is 188 Å². The molecule has 3 aromatic rings. The predicted octanol–water partition coefficient (Wildman–Crippen LogP) is 4.33. The molecule has 0 aliphatic rings. The highest BCUT2D eigenvalue weighted by Gasteiger charge is 2.22. The van der Waals surface area contributed by atoms with Crippen LogP contribution < -0.4 is 15.9 Å². The number of hydrogen-bond donors (Lipinski definition) is 2. The summed E-state index contributed by atoms with van der Waals surface area (Å²) < 4.78 is 6.53. The molecule has 0 spiro atoms. The average molecular weight is 466 g/mol. The number of thioether (sulfide) groups is 1. The van der Waals surface area contributed by atoms with Gasteiger partial charge < -0.3 is 15.9 Å². The Kier molecular flexibility index (Phi) is 7.12. The van der Waals surface area contributed by atoms with E-state index in [9.17, 15) is 4.79 Å². The normalized spacial score (nSPS) is 13.0. The fourth-order valence-electron chi connectivity index (χ4n) is 2.77. The molecular formula is C20H21Cl2N5O2S. The highest BCUT2D eigenvalue weighted by Crippen LogP contribution is 2.28. The third kappa shape index (κ3) is 5.00. The van der Waals surface area contributed by atoms with E-state index in [1.54, 1.807) is 32.2 Å². The summed E-state index contributed by atoms with van der Waals surface area (Å²) in [7, 11) is 1.60. The van der Waals surface area contributed by atoms with Crippen LogP contribution in [0.5, 0.6) is 5.75 Å². The number of carbonyl (C=O) groups is 1. The number of rotatable bonds is 7. The second-order valence-electron chi connectivity index (χ2n) is 6.56. The third-order valence-electron chi connectivity index (χ3n) is 4.45. The first-order chi connectivity index (χ1) is 14.3. The number of nitrogens with two attached hydrogens (primary N) is 1. The number of benzene rings is 2. The van der Waals surface area contributed by atoms with Crippen molar-refractivity contribution < 1.29 is 9.53 Å². The minimum absolute atomic E-state index is 0.174. The maximum absolute atomic E-state index is 12.7. The van der Waals surface area contributed by atoms with Gasteiger partial charge in [-0.3, -0.25) is 4.79 Å². The van der Waals surface area contributed by atoms with Crippen molar-refractivity contribution >= 4 is 40.9 Å². The number of hydrogen-bond acceptors (Lipinski definition) is 6. The minimum atomic E-state index is -0.450. The summed E-state index contributed by atoms with van der Waals surface area (Å²) in [6.07, 6.45) is 0. The molecule has 0 radical (unpaired) electrons. The second-order valence-corrected chi connectivity index (χ2v) is 8.71. The van der Waals surface area contributed by atoms with E-state index < -0.39 is 5.25 Å². The van der Waals surface area contributed by atoms with Crippen LogP contribution in [0, 0.1) is 0 Å². The maximum atomic E-state index is 12.7. The zero-order valence-electron chi connectivity index (χ0n) is 16.6. The molecule has 7 nitrogen and oxygen atoms in total. The molecule has 0 aliphatic heterocycles. The Morgan fingerprint density at radius 2 is 1.87 bits per heavy atom. The van der Waals surface area contributed by atoms with Crippen molar-refractivity contribution in [3.05, 3.63) is 58.1 Å². The summed E-state index contributed by atoms with van der Waals surface area (Å²) in [6, 6.07) is 12.2. The highest BCUT2D eigenvalue weighted by atomic mass is 35.5. The number of amides is 1. The Morgan fingerprint density at radius 1 is 1.17 bits per heavy atom. The number of nitrogens with one attached hydrogen (secondary N) is 1. The van der Waals surface area contributed by atoms with Gasteiger partial charge in [0.25, 0.3) is 0 Å². The first kappa shape index (κ1) is 22.3. The highest BCUT2D eigenvalue weighted by molar-refractivity contribution is 8.00. The van der Waals surface area contributed by atoms with Gasteiger partial charge in [0.15, 0.2) is 5.82 Å². The van der Waals surface area contributed by atoms with Gasteiger partial charge in [0.2, 0.25) is 11.1 Å². The summed E-state index contributed by atoms with van der Waals surface area (Å²) in [4.78, 5) is 12.7. The van der Waals surface area contributed by atoms with E-state index in [-0.39, 0.29) is 11.9 Å². The van der Waals surface area contributed by atoms with Crippen molar-refractivity contribution in [3.8, 4) is 17.1 Å². The maximum Gasteiger partial charge on any atom is 0.233 e. The Hall–Kier alpha value is -2.42. The molecule has 3 N–H and O–H groups in total. The number of nitrogen functional groups attached to an aromatic ring is 1. The van der Waals surface area contributed by atoms with Gasteiger partial charge in [-0.1, -0.05) is 41.0 Å². The number of aromatic nitrogens is 3. The molecule has 30 heavy (non-hydrogen) atoms. The van der Waals surface area contributed by atoms with Crippen LogP contribution >= 0.6 is 35.0 Å². The standard InChI is InChI=1S/C20H21Cl2N5O2S/c1-11(16-9-6-14(21)10-17(16)22)24-19(28)12(2)30-20-26-25-18(27(20)23)13-4-7-15(29-3)8-5-13/h4-12H,23H2,1-3H3,(H,24,28)/t11-,12-/m1/s1. The average Bonchev–Trinajstić information content (AvgIpc) is 3.08. The van der Waals surface area contributed by atoms with Gasteiger partial charge in [-0.05, 0) is 55.8 Å². The molecule has 0 saturated heterocycles. The summed E-state index contributed by atoms with van der Waals surface area (Å²) in [6.45, 7) is 3.63. The van der Waals surface area contributed by atoms with E-state index in [0.717, 1.165) is 16.9 Å². The molecule has 0 unspecified atom stereocenters. The van der Waals surface area contributed by atoms with E-state index in [1.165, 1.54) is 16.4 Å². The van der Waals surface area contributed by atoms with E-state index in [1.807, 2.05) is 31.2 Å². The van der Waals surface area contributed by atoms with Crippen LogP contribution in [0.4, 0.5) is 0 Å². The number of halogens is 2. The Morgan fingerprint density at radius 3 is 2.50 bits per heavy atom. The molecule has 2 aromatic carbocycles. The smallest absolute Gasteiger partial charge is 0.233 e. The lowest BCUT2D eigenvalue weighted by molar-refractivity contribution is -0.120. The molecule has 1 aromatic heterocycles. The summed E-state index contributed by atoms with van der Waals surface area (Å²) in [5, 5.41) is 12.2. The summed E-state index contributed by atoms with van der Waals surface area (Å²) >= 11 is 13.4. The first-order valence-electron chi connectivity index (χ1n) is 9.07. The van der Waals surface area contributed by atoms with Crippen molar-refractivity contribution in [2.45, 2.75) is 30.3 Å². The van der Waals surface area contributed by atoms with Crippen LogP contribution in [-0.2, 0) is 4.79 Å². The van der Waals surface area contributed by atoms with Gasteiger partial charge in [-0.25, -0.2) is 4.68 Å². The van der Waals surface area contributed by atoms with Gasteiger partial charge in [-0.15, -0.1) is 10.2 Å². The molecule has 2 atom stereocenters. The monoisotopic (exact) mass is 465 g/mol. The lowest BCUT2D eigenvalue weighted by Crippen LogP contribution is -2.33.